The number of carbonyl (C=O) groups is 1. The Morgan fingerprint density at radius 3 is 2.24 bits per heavy atom. The Bertz CT molecular complexity index is 679. The Kier molecular flexibility index (Phi) is 3.93. The Hall–Kier alpha value is -2.44. The molecular weight excluding hydrogens is 295 g/mol. The minimum atomic E-state index is -4.99. The van der Waals surface area contributed by atoms with Crippen LogP contribution < -0.4 is 4.74 Å². The van der Waals surface area contributed by atoms with Gasteiger partial charge in [0.2, 0.25) is 0 Å². The number of ether oxygens (including phenoxy) is 1. The van der Waals surface area contributed by atoms with Crippen molar-refractivity contribution in [2.75, 3.05) is 0 Å². The lowest BCUT2D eigenvalue weighted by Crippen LogP contribution is -2.19. The molecule has 2 rings (SSSR count). The van der Waals surface area contributed by atoms with Crippen molar-refractivity contribution in [3.05, 3.63) is 65.2 Å². The third kappa shape index (κ3) is 3.56. The van der Waals surface area contributed by atoms with Crippen LogP contribution in [0.3, 0.4) is 0 Å². The van der Waals surface area contributed by atoms with Crippen LogP contribution in [-0.2, 0) is 0 Å². The summed E-state index contributed by atoms with van der Waals surface area (Å²) in [5.74, 6) is -3.85. The lowest BCUT2D eigenvalue weighted by Gasteiger charge is -2.12. The average Bonchev–Trinajstić information content (AvgIpc) is 2.36. The zero-order valence-corrected chi connectivity index (χ0v) is 10.2. The van der Waals surface area contributed by atoms with E-state index in [-0.39, 0.29) is 0 Å². The van der Waals surface area contributed by atoms with Crippen LogP contribution in [0.4, 0.5) is 22.0 Å². The van der Waals surface area contributed by atoms with E-state index in [1.807, 2.05) is 0 Å². The maximum atomic E-state index is 13.5. The van der Waals surface area contributed by atoms with Crippen LogP contribution in [0.5, 0.6) is 5.75 Å². The summed E-state index contributed by atoms with van der Waals surface area (Å²) in [6.45, 7) is 0. The zero-order chi connectivity index (χ0) is 15.6. The molecule has 2 aromatic rings. The first-order valence-corrected chi connectivity index (χ1v) is 5.62. The summed E-state index contributed by atoms with van der Waals surface area (Å²) in [5, 5.41) is 0. The second-order valence-electron chi connectivity index (χ2n) is 4.00. The molecule has 0 atom stereocenters. The van der Waals surface area contributed by atoms with Crippen molar-refractivity contribution >= 4 is 5.78 Å². The highest BCUT2D eigenvalue weighted by atomic mass is 19.4. The molecule has 0 amide bonds. The van der Waals surface area contributed by atoms with E-state index < -0.39 is 40.7 Å². The van der Waals surface area contributed by atoms with Crippen molar-refractivity contribution in [2.45, 2.75) is 6.36 Å². The van der Waals surface area contributed by atoms with Crippen LogP contribution in [0, 0.1) is 11.6 Å². The normalized spacial score (nSPS) is 11.3. The highest BCUT2D eigenvalue weighted by molar-refractivity contribution is 6.10. The van der Waals surface area contributed by atoms with Gasteiger partial charge in [-0.3, -0.25) is 4.79 Å². The van der Waals surface area contributed by atoms with Crippen molar-refractivity contribution in [3.8, 4) is 5.75 Å². The zero-order valence-electron chi connectivity index (χ0n) is 10.2. The average molecular weight is 302 g/mol. The van der Waals surface area contributed by atoms with E-state index in [4.69, 9.17) is 0 Å². The van der Waals surface area contributed by atoms with Crippen molar-refractivity contribution in [1.82, 2.24) is 0 Å². The number of hydrogen-bond donors (Lipinski definition) is 0. The van der Waals surface area contributed by atoms with Gasteiger partial charge in [-0.1, -0.05) is 12.1 Å². The van der Waals surface area contributed by atoms with Crippen LogP contribution in [0.15, 0.2) is 42.5 Å². The van der Waals surface area contributed by atoms with Crippen LogP contribution in [-0.4, -0.2) is 12.1 Å². The van der Waals surface area contributed by atoms with Crippen LogP contribution >= 0.6 is 0 Å². The maximum absolute atomic E-state index is 13.5. The molecule has 0 bridgehead atoms. The number of hydrogen-bond acceptors (Lipinski definition) is 2. The number of para-hydroxylation sites is 1. The van der Waals surface area contributed by atoms with Crippen molar-refractivity contribution in [1.29, 1.82) is 0 Å². The number of carbonyl (C=O) groups excluding carboxylic acids is 1. The standard InChI is InChI=1S/C14H7F5O2/c15-8-5-6-9(11(16)7-8)13(20)10-3-1-2-4-12(10)21-14(17,18)19/h1-7H. The first-order chi connectivity index (χ1) is 9.78. The fourth-order valence-corrected chi connectivity index (χ4v) is 1.69. The van der Waals surface area contributed by atoms with Gasteiger partial charge in [0.15, 0.2) is 5.78 Å². The molecule has 0 aromatic heterocycles. The Balaban J connectivity index is 2.44. The fourth-order valence-electron chi connectivity index (χ4n) is 1.69. The van der Waals surface area contributed by atoms with Crippen LogP contribution in [0.1, 0.15) is 15.9 Å². The molecule has 2 nitrogen and oxygen atoms in total. The van der Waals surface area contributed by atoms with Gasteiger partial charge in [0, 0.05) is 6.07 Å². The Morgan fingerprint density at radius 2 is 1.62 bits per heavy atom. The molecule has 21 heavy (non-hydrogen) atoms. The lowest BCUT2D eigenvalue weighted by molar-refractivity contribution is -0.274. The molecule has 110 valence electrons. The predicted molar refractivity (Wildman–Crippen MR) is 62.9 cm³/mol. The molecule has 0 aliphatic carbocycles. The maximum Gasteiger partial charge on any atom is 0.573 e. The van der Waals surface area contributed by atoms with Crippen LogP contribution in [0.2, 0.25) is 0 Å². The summed E-state index contributed by atoms with van der Waals surface area (Å²) in [6.07, 6.45) is -4.99. The van der Waals surface area contributed by atoms with Crippen molar-refractivity contribution in [3.63, 3.8) is 0 Å². The van der Waals surface area contributed by atoms with Gasteiger partial charge >= 0.3 is 6.36 Å². The Labute approximate surface area is 115 Å². The van der Waals surface area contributed by atoms with Crippen molar-refractivity contribution < 1.29 is 31.5 Å². The predicted octanol–water partition coefficient (Wildman–Crippen LogP) is 4.09. The van der Waals surface area contributed by atoms with E-state index in [9.17, 15) is 26.7 Å². The van der Waals surface area contributed by atoms with Gasteiger partial charge in [-0.25, -0.2) is 8.78 Å². The molecule has 0 saturated heterocycles. The second kappa shape index (κ2) is 5.51. The first kappa shape index (κ1) is 15.0. The minimum Gasteiger partial charge on any atom is -0.405 e. The fraction of sp³-hybridized carbons (Fsp3) is 0.0714. The van der Waals surface area contributed by atoms with Crippen LogP contribution in [0.25, 0.3) is 0 Å². The molecule has 0 aliphatic rings. The van der Waals surface area contributed by atoms with Gasteiger partial charge in [0.05, 0.1) is 11.1 Å². The number of benzene rings is 2. The summed E-state index contributed by atoms with van der Waals surface area (Å²) in [7, 11) is 0. The third-order valence-corrected chi connectivity index (χ3v) is 2.53. The van der Waals surface area contributed by atoms with E-state index in [0.29, 0.717) is 6.07 Å². The summed E-state index contributed by atoms with van der Waals surface area (Å²) in [4.78, 5) is 12.1. The highest BCUT2D eigenvalue weighted by Crippen LogP contribution is 2.28. The number of ketones is 1. The molecule has 0 N–H and O–H groups in total. The van der Waals surface area contributed by atoms with Crippen molar-refractivity contribution in [2.24, 2.45) is 0 Å². The molecule has 2 aromatic carbocycles. The summed E-state index contributed by atoms with van der Waals surface area (Å²) in [6, 6.07) is 6.70. The molecule has 0 unspecified atom stereocenters. The van der Waals surface area contributed by atoms with E-state index >= 15 is 0 Å². The molecule has 0 saturated carbocycles. The number of halogens is 5. The summed E-state index contributed by atoms with van der Waals surface area (Å²) >= 11 is 0. The number of rotatable bonds is 3. The number of alkyl halides is 3. The van der Waals surface area contributed by atoms with E-state index in [0.717, 1.165) is 24.3 Å². The molecule has 7 heteroatoms. The van der Waals surface area contributed by atoms with Gasteiger partial charge in [0.25, 0.3) is 0 Å². The van der Waals surface area contributed by atoms with E-state index in [1.165, 1.54) is 12.1 Å². The van der Waals surface area contributed by atoms with Gasteiger partial charge in [-0.15, -0.1) is 13.2 Å². The van der Waals surface area contributed by atoms with Gasteiger partial charge in [-0.05, 0) is 24.3 Å². The van der Waals surface area contributed by atoms with E-state index in [1.54, 1.807) is 0 Å². The third-order valence-electron chi connectivity index (χ3n) is 2.53. The molecule has 0 aliphatic heterocycles. The molecule has 0 radical (unpaired) electrons. The molecule has 0 spiro atoms. The van der Waals surface area contributed by atoms with Gasteiger partial charge in [0.1, 0.15) is 17.4 Å². The lowest BCUT2D eigenvalue weighted by atomic mass is 10.0. The summed E-state index contributed by atoms with van der Waals surface area (Å²) in [5.41, 5.74) is -1.02. The van der Waals surface area contributed by atoms with Gasteiger partial charge < -0.3 is 4.74 Å². The molecular formula is C14H7F5O2. The highest BCUT2D eigenvalue weighted by Gasteiger charge is 2.33. The topological polar surface area (TPSA) is 26.3 Å². The van der Waals surface area contributed by atoms with E-state index in [2.05, 4.69) is 4.74 Å². The quantitative estimate of drug-likeness (QED) is 0.630. The Morgan fingerprint density at radius 1 is 0.952 bits per heavy atom. The molecule has 0 fully saturated rings. The smallest absolute Gasteiger partial charge is 0.405 e. The minimum absolute atomic E-state index is 0.472. The SMILES string of the molecule is O=C(c1ccc(F)cc1F)c1ccccc1OC(F)(F)F. The summed E-state index contributed by atoms with van der Waals surface area (Å²) < 4.78 is 66.8. The molecule has 0 heterocycles. The first-order valence-electron chi connectivity index (χ1n) is 5.62. The monoisotopic (exact) mass is 302 g/mol. The second-order valence-corrected chi connectivity index (χ2v) is 4.00. The van der Waals surface area contributed by atoms with Gasteiger partial charge in [-0.2, -0.15) is 0 Å². The largest absolute Gasteiger partial charge is 0.573 e.